The van der Waals surface area contributed by atoms with Gasteiger partial charge in [0.15, 0.2) is 0 Å². The molecule has 1 unspecified atom stereocenters. The van der Waals surface area contributed by atoms with E-state index in [2.05, 4.69) is 4.90 Å². The fourth-order valence-electron chi connectivity index (χ4n) is 4.21. The predicted molar refractivity (Wildman–Crippen MR) is 103 cm³/mol. The topological polar surface area (TPSA) is 32.8 Å². The zero-order valence-corrected chi connectivity index (χ0v) is 16.0. The summed E-state index contributed by atoms with van der Waals surface area (Å²) in [4.78, 5) is 16.6. The van der Waals surface area contributed by atoms with Crippen LogP contribution in [0.25, 0.3) is 0 Å². The Hall–Kier alpha value is -2.38. The number of hydrogen-bond acceptors (Lipinski definition) is 3. The van der Waals surface area contributed by atoms with Crippen LogP contribution in [0.4, 0.5) is 18.9 Å². The Morgan fingerprint density at radius 3 is 2.41 bits per heavy atom. The standard InChI is InChI=1S/C22H23F3N2O2/c23-22(24,25)18-8-6-17(7-9-18)12-26-11-10-21(14-26)15-27(20(28)13-29-16-21)19-4-2-1-3-5-19/h1-9H,10-16H2. The van der Waals surface area contributed by atoms with Crippen LogP contribution >= 0.6 is 0 Å². The van der Waals surface area contributed by atoms with Crippen LogP contribution in [0.2, 0.25) is 0 Å². The fourth-order valence-corrected chi connectivity index (χ4v) is 4.21. The first kappa shape index (κ1) is 19.9. The zero-order valence-electron chi connectivity index (χ0n) is 16.0. The van der Waals surface area contributed by atoms with E-state index < -0.39 is 11.7 Å². The van der Waals surface area contributed by atoms with Crippen molar-refractivity contribution < 1.29 is 22.7 Å². The van der Waals surface area contributed by atoms with Gasteiger partial charge in [-0.1, -0.05) is 30.3 Å². The average Bonchev–Trinajstić information content (AvgIpc) is 3.00. The van der Waals surface area contributed by atoms with Gasteiger partial charge in [0, 0.05) is 30.7 Å². The van der Waals surface area contributed by atoms with Crippen LogP contribution in [-0.4, -0.2) is 43.7 Å². The number of ether oxygens (including phenoxy) is 1. The van der Waals surface area contributed by atoms with Crippen LogP contribution in [-0.2, 0) is 22.3 Å². The Kier molecular flexibility index (Phi) is 5.36. The van der Waals surface area contributed by atoms with Gasteiger partial charge in [0.1, 0.15) is 6.61 Å². The molecule has 0 N–H and O–H groups in total. The van der Waals surface area contributed by atoms with E-state index in [9.17, 15) is 18.0 Å². The molecule has 2 aromatic carbocycles. The summed E-state index contributed by atoms with van der Waals surface area (Å²) in [5, 5.41) is 0. The summed E-state index contributed by atoms with van der Waals surface area (Å²) in [5.41, 5.74) is 0.908. The maximum Gasteiger partial charge on any atom is 0.416 e. The second kappa shape index (κ2) is 7.80. The largest absolute Gasteiger partial charge is 0.416 e. The van der Waals surface area contributed by atoms with Crippen LogP contribution in [0.3, 0.4) is 0 Å². The van der Waals surface area contributed by atoms with Gasteiger partial charge < -0.3 is 9.64 Å². The van der Waals surface area contributed by atoms with E-state index in [-0.39, 0.29) is 17.9 Å². The van der Waals surface area contributed by atoms with Gasteiger partial charge in [0.2, 0.25) is 0 Å². The van der Waals surface area contributed by atoms with Crippen molar-refractivity contribution in [3.05, 3.63) is 65.7 Å². The number of nitrogens with zero attached hydrogens (tertiary/aromatic N) is 2. The van der Waals surface area contributed by atoms with E-state index in [1.807, 2.05) is 30.3 Å². The van der Waals surface area contributed by atoms with Crippen molar-refractivity contribution in [3.8, 4) is 0 Å². The Labute approximate surface area is 167 Å². The lowest BCUT2D eigenvalue weighted by atomic mass is 9.87. The highest BCUT2D eigenvalue weighted by Gasteiger charge is 2.43. The Morgan fingerprint density at radius 2 is 1.72 bits per heavy atom. The molecule has 0 aromatic heterocycles. The third kappa shape index (κ3) is 4.46. The van der Waals surface area contributed by atoms with Gasteiger partial charge in [-0.25, -0.2) is 0 Å². The highest BCUT2D eigenvalue weighted by Crippen LogP contribution is 2.36. The molecule has 2 saturated heterocycles. The molecule has 1 amide bonds. The van der Waals surface area contributed by atoms with Crippen LogP contribution in [0.1, 0.15) is 17.5 Å². The number of hydrogen-bond donors (Lipinski definition) is 0. The molecule has 1 spiro atoms. The first-order valence-electron chi connectivity index (χ1n) is 9.66. The number of rotatable bonds is 3. The number of amides is 1. The molecule has 2 heterocycles. The Balaban J connectivity index is 1.45. The lowest BCUT2D eigenvalue weighted by Gasteiger charge is -2.32. The Morgan fingerprint density at radius 1 is 1.00 bits per heavy atom. The molecular formula is C22H23F3N2O2. The SMILES string of the molecule is O=C1COCC2(CCN(Cc3ccc(C(F)(F)F)cc3)C2)CN1c1ccccc1. The molecular weight excluding hydrogens is 381 g/mol. The number of para-hydroxylation sites is 1. The average molecular weight is 404 g/mol. The molecule has 4 nitrogen and oxygen atoms in total. The van der Waals surface area contributed by atoms with Crippen molar-refractivity contribution >= 4 is 11.6 Å². The van der Waals surface area contributed by atoms with Gasteiger partial charge >= 0.3 is 6.18 Å². The van der Waals surface area contributed by atoms with E-state index in [0.717, 1.165) is 42.9 Å². The first-order valence-corrected chi connectivity index (χ1v) is 9.66. The molecule has 0 radical (unpaired) electrons. The van der Waals surface area contributed by atoms with Crippen molar-refractivity contribution in [2.45, 2.75) is 19.1 Å². The Bertz CT molecular complexity index is 855. The van der Waals surface area contributed by atoms with Gasteiger partial charge in [0.05, 0.1) is 12.2 Å². The summed E-state index contributed by atoms with van der Waals surface area (Å²) in [6, 6.07) is 14.9. The molecule has 29 heavy (non-hydrogen) atoms. The van der Waals surface area contributed by atoms with Crippen molar-refractivity contribution in [2.75, 3.05) is 37.7 Å². The van der Waals surface area contributed by atoms with E-state index >= 15 is 0 Å². The van der Waals surface area contributed by atoms with Gasteiger partial charge in [-0.15, -0.1) is 0 Å². The van der Waals surface area contributed by atoms with Crippen LogP contribution < -0.4 is 4.90 Å². The predicted octanol–water partition coefficient (Wildman–Crippen LogP) is 3.96. The molecule has 154 valence electrons. The van der Waals surface area contributed by atoms with Crippen LogP contribution in [0.5, 0.6) is 0 Å². The third-order valence-electron chi connectivity index (χ3n) is 5.70. The number of carbonyl (C=O) groups is 1. The van der Waals surface area contributed by atoms with E-state index in [4.69, 9.17) is 4.74 Å². The summed E-state index contributed by atoms with van der Waals surface area (Å²) < 4.78 is 44.0. The lowest BCUT2D eigenvalue weighted by Crippen LogP contribution is -2.42. The van der Waals surface area contributed by atoms with Gasteiger partial charge in [-0.05, 0) is 42.8 Å². The van der Waals surface area contributed by atoms with Gasteiger partial charge in [-0.2, -0.15) is 13.2 Å². The highest BCUT2D eigenvalue weighted by molar-refractivity contribution is 5.94. The molecule has 2 fully saturated rings. The van der Waals surface area contributed by atoms with Crippen LogP contribution in [0.15, 0.2) is 54.6 Å². The number of halogens is 3. The fraction of sp³-hybridized carbons (Fsp3) is 0.409. The molecule has 0 saturated carbocycles. The minimum atomic E-state index is -4.32. The normalized spacial score (nSPS) is 23.6. The third-order valence-corrected chi connectivity index (χ3v) is 5.70. The maximum absolute atomic E-state index is 12.8. The molecule has 4 rings (SSSR count). The number of carbonyl (C=O) groups excluding carboxylic acids is 1. The summed E-state index contributed by atoms with van der Waals surface area (Å²) >= 11 is 0. The minimum Gasteiger partial charge on any atom is -0.371 e. The minimum absolute atomic E-state index is 0.0470. The second-order valence-electron chi connectivity index (χ2n) is 7.96. The molecule has 2 aliphatic heterocycles. The summed E-state index contributed by atoms with van der Waals surface area (Å²) in [5.74, 6) is -0.0470. The molecule has 7 heteroatoms. The van der Waals surface area contributed by atoms with Crippen molar-refractivity contribution in [2.24, 2.45) is 5.41 Å². The monoisotopic (exact) mass is 404 g/mol. The van der Waals surface area contributed by atoms with E-state index in [1.165, 1.54) is 12.1 Å². The lowest BCUT2D eigenvalue weighted by molar-refractivity contribution is -0.137. The molecule has 2 aromatic rings. The van der Waals surface area contributed by atoms with Gasteiger partial charge in [-0.3, -0.25) is 9.69 Å². The van der Waals surface area contributed by atoms with Crippen LogP contribution in [0, 0.1) is 5.41 Å². The quantitative estimate of drug-likeness (QED) is 0.776. The molecule has 2 aliphatic rings. The highest BCUT2D eigenvalue weighted by atomic mass is 19.4. The first-order chi connectivity index (χ1) is 13.8. The van der Waals surface area contributed by atoms with Crippen molar-refractivity contribution in [1.82, 2.24) is 4.90 Å². The van der Waals surface area contributed by atoms with Gasteiger partial charge in [0.25, 0.3) is 5.91 Å². The number of anilines is 1. The van der Waals surface area contributed by atoms with Crippen molar-refractivity contribution in [3.63, 3.8) is 0 Å². The zero-order chi connectivity index (χ0) is 20.5. The number of alkyl halides is 3. The molecule has 1 atom stereocenters. The smallest absolute Gasteiger partial charge is 0.371 e. The second-order valence-corrected chi connectivity index (χ2v) is 7.96. The number of benzene rings is 2. The van der Waals surface area contributed by atoms with E-state index in [1.54, 1.807) is 4.90 Å². The molecule has 0 aliphatic carbocycles. The van der Waals surface area contributed by atoms with Crippen molar-refractivity contribution in [1.29, 1.82) is 0 Å². The molecule has 0 bridgehead atoms. The maximum atomic E-state index is 12.8. The summed E-state index contributed by atoms with van der Waals surface area (Å²) in [6.45, 7) is 3.30. The number of likely N-dealkylation sites (tertiary alicyclic amines) is 1. The summed E-state index contributed by atoms with van der Waals surface area (Å²) in [6.07, 6.45) is -3.44. The van der Waals surface area contributed by atoms with E-state index in [0.29, 0.717) is 19.7 Å². The summed E-state index contributed by atoms with van der Waals surface area (Å²) in [7, 11) is 0.